The highest BCUT2D eigenvalue weighted by Crippen LogP contribution is 2.46. The zero-order valence-electron chi connectivity index (χ0n) is 42.9. The van der Waals surface area contributed by atoms with E-state index in [1.807, 2.05) is 18.4 Å². The normalized spacial score (nSPS) is 13.4. The van der Waals surface area contributed by atoms with Crippen LogP contribution in [0.1, 0.15) is 93.7 Å². The third-order valence-corrected chi connectivity index (χ3v) is 14.3. The number of hydrogen-bond acceptors (Lipinski definition) is 17. The van der Waals surface area contributed by atoms with Gasteiger partial charge in [0.2, 0.25) is 11.8 Å². The number of hydrogen-bond donors (Lipinski definition) is 0. The van der Waals surface area contributed by atoms with E-state index >= 15 is 0 Å². The van der Waals surface area contributed by atoms with Crippen molar-refractivity contribution in [1.82, 2.24) is 78.5 Å². The number of methoxy groups -OCH3 is 2. The van der Waals surface area contributed by atoms with Gasteiger partial charge in [0.05, 0.1) is 67.7 Å². The molecule has 0 saturated heterocycles. The van der Waals surface area contributed by atoms with Crippen molar-refractivity contribution in [2.45, 2.75) is 97.0 Å². The van der Waals surface area contributed by atoms with Gasteiger partial charge in [0.15, 0.2) is 44.2 Å². The highest BCUT2D eigenvalue weighted by molar-refractivity contribution is 7.97. The van der Waals surface area contributed by atoms with Crippen LogP contribution in [0.15, 0.2) is 98.4 Å². The van der Waals surface area contributed by atoms with Gasteiger partial charge in [-0.3, -0.25) is 0 Å². The fraction of sp³-hybridized carbons (Fsp3) is 0.345. The Balaban J connectivity index is 0.000000210. The van der Waals surface area contributed by atoms with Crippen LogP contribution in [0.5, 0.6) is 11.8 Å². The lowest BCUT2D eigenvalue weighted by molar-refractivity contribution is -0.141. The highest BCUT2D eigenvalue weighted by Gasteiger charge is 2.37. The Morgan fingerprint density at radius 3 is 1.36 bits per heavy atom. The Kier molecular flexibility index (Phi) is 17.7. The molecule has 0 N–H and O–H groups in total. The predicted molar refractivity (Wildman–Crippen MR) is 302 cm³/mol. The second-order valence-corrected chi connectivity index (χ2v) is 22.0. The third kappa shape index (κ3) is 13.1. The number of thioether (sulfide) groups is 1. The number of rotatable bonds is 16. The second-order valence-electron chi connectivity index (χ2n) is 19.1. The molecule has 2 fully saturated rings. The molecule has 2 aliphatic rings. The molecule has 436 valence electrons. The van der Waals surface area contributed by atoms with Crippen molar-refractivity contribution in [3.05, 3.63) is 132 Å². The zero-order chi connectivity index (χ0) is 56.1. The minimum absolute atomic E-state index is 0. The Morgan fingerprint density at radius 1 is 0.578 bits per heavy atom. The van der Waals surface area contributed by atoms with E-state index in [1.165, 1.54) is 36.1 Å². The van der Waals surface area contributed by atoms with Crippen LogP contribution in [0, 0.1) is 0 Å². The summed E-state index contributed by atoms with van der Waals surface area (Å²) >= 11 is 1.42. The van der Waals surface area contributed by atoms with Gasteiger partial charge in [-0.1, -0.05) is 70.8 Å². The first-order valence-corrected chi connectivity index (χ1v) is 28.1. The van der Waals surface area contributed by atoms with E-state index in [0.29, 0.717) is 94.0 Å². The minimum atomic E-state index is -4.71. The molecule has 8 heterocycles. The lowest BCUT2D eigenvalue weighted by atomic mass is 10.1. The van der Waals surface area contributed by atoms with Crippen LogP contribution >= 0.6 is 11.8 Å². The molecule has 0 unspecified atom stereocenters. The quantitative estimate of drug-likeness (QED) is 0.0819. The van der Waals surface area contributed by atoms with Gasteiger partial charge in [0.1, 0.15) is 41.3 Å². The first kappa shape index (κ1) is 60.7. The van der Waals surface area contributed by atoms with E-state index in [9.17, 15) is 34.8 Å². The number of fused-ring (bicyclic) bond motifs is 2. The Labute approximate surface area is 477 Å². The summed E-state index contributed by atoms with van der Waals surface area (Å²) in [5, 5.41) is 10.4. The molecule has 28 heteroatoms. The van der Waals surface area contributed by atoms with Gasteiger partial charge in [0.25, 0.3) is 0 Å². The van der Waals surface area contributed by atoms with E-state index < -0.39 is 39.5 Å². The summed E-state index contributed by atoms with van der Waals surface area (Å²) < 4.78 is 120. The maximum absolute atomic E-state index is 13.3. The molecule has 2 saturated carbocycles. The summed E-state index contributed by atoms with van der Waals surface area (Å²) in [7, 11) is -0.523. The largest absolute Gasteiger partial charge is 0.480 e. The highest BCUT2D eigenvalue weighted by atomic mass is 32.2. The second kappa shape index (κ2) is 24.2. The van der Waals surface area contributed by atoms with Gasteiger partial charge in [-0.25, -0.2) is 67.6 Å². The number of halogens is 6. The summed E-state index contributed by atoms with van der Waals surface area (Å²) in [6.07, 6.45) is 9.19. The monoisotopic (exact) mass is 1180 g/mol. The maximum Gasteiger partial charge on any atom is 0.434 e. The lowest BCUT2D eigenvalue weighted by Crippen LogP contribution is -2.09. The average Bonchev–Trinajstić information content (AvgIpc) is 4.49. The summed E-state index contributed by atoms with van der Waals surface area (Å²) in [5.74, 6) is 2.29. The molecular weight excluding hydrogens is 1130 g/mol. The van der Waals surface area contributed by atoms with Crippen LogP contribution in [0.2, 0.25) is 0 Å². The van der Waals surface area contributed by atoms with Crippen LogP contribution in [-0.4, -0.2) is 114 Å². The molecule has 0 amide bonds. The molecular formula is C55H58F6N16O4S2. The van der Waals surface area contributed by atoms with Crippen LogP contribution in [0.3, 0.4) is 0 Å². The van der Waals surface area contributed by atoms with Crippen molar-refractivity contribution in [2.24, 2.45) is 0 Å². The number of ether oxygens (including phenoxy) is 2. The number of benzene rings is 2. The fourth-order valence-electron chi connectivity index (χ4n) is 9.05. The number of sulfone groups is 1. The first-order valence-electron chi connectivity index (χ1n) is 24.6. The predicted octanol–water partition coefficient (Wildman–Crippen LogP) is 11.4. The maximum atomic E-state index is 13.3. The van der Waals surface area contributed by atoms with Crippen LogP contribution in [0.25, 0.3) is 67.6 Å². The SMILES string of the molecule is C.C.C.COc1ncnc(C2CC2)c1-c1ncc2cnn(Cc3ccc(-c4nc(C(F)(F)F)cn4CS(C)(=O)=O)cc3)c2n1.COc1ncnc(C2CC2)c1-c1ncc2cnn(Cc3ccc(-c4nc(C(F)(F)F)cn4CSC)cc3)c2n1. The number of alkyl halides is 6. The van der Waals surface area contributed by atoms with E-state index in [1.54, 1.807) is 77.7 Å². The number of aromatic nitrogens is 16. The molecule has 0 atom stereocenters. The average molecular weight is 1190 g/mol. The van der Waals surface area contributed by atoms with Crippen molar-refractivity contribution < 1.29 is 44.2 Å². The van der Waals surface area contributed by atoms with Gasteiger partial charge in [0, 0.05) is 54.0 Å². The van der Waals surface area contributed by atoms with Crippen LogP contribution in [0.4, 0.5) is 26.3 Å². The van der Waals surface area contributed by atoms with Crippen molar-refractivity contribution >= 4 is 43.7 Å². The van der Waals surface area contributed by atoms with Crippen LogP contribution < -0.4 is 9.47 Å². The lowest BCUT2D eigenvalue weighted by Gasteiger charge is -2.11. The molecule has 20 nitrogen and oxygen atoms in total. The minimum Gasteiger partial charge on any atom is -0.480 e. The van der Waals surface area contributed by atoms with E-state index in [2.05, 4.69) is 50.1 Å². The topological polar surface area (TPSA) is 227 Å². The Bertz CT molecular complexity index is 4030. The Hall–Kier alpha value is -8.40. The zero-order valence-corrected chi connectivity index (χ0v) is 44.6. The smallest absolute Gasteiger partial charge is 0.434 e. The molecule has 8 aromatic heterocycles. The first-order chi connectivity index (χ1) is 38.3. The summed E-state index contributed by atoms with van der Waals surface area (Å²) in [6.45, 7) is 0.717. The Morgan fingerprint density at radius 2 is 0.988 bits per heavy atom. The van der Waals surface area contributed by atoms with E-state index in [0.717, 1.165) is 76.0 Å². The molecule has 0 spiro atoms. The molecule has 0 aliphatic heterocycles. The van der Waals surface area contributed by atoms with E-state index in [-0.39, 0.29) is 33.9 Å². The van der Waals surface area contributed by atoms with Crippen molar-refractivity contribution in [3.63, 3.8) is 0 Å². The molecule has 10 aromatic rings. The van der Waals surface area contributed by atoms with Crippen molar-refractivity contribution in [3.8, 4) is 57.3 Å². The van der Waals surface area contributed by atoms with Crippen molar-refractivity contribution in [2.75, 3.05) is 26.7 Å². The molecule has 12 rings (SSSR count). The fourth-order valence-corrected chi connectivity index (χ4v) is 10.2. The van der Waals surface area contributed by atoms with E-state index in [4.69, 9.17) is 19.4 Å². The van der Waals surface area contributed by atoms with Gasteiger partial charge < -0.3 is 18.6 Å². The number of nitrogens with zero attached hydrogens (tertiary/aromatic N) is 16. The summed E-state index contributed by atoms with van der Waals surface area (Å²) in [5.41, 5.74) is 4.86. The van der Waals surface area contributed by atoms with Crippen LogP contribution in [-0.2, 0) is 47.0 Å². The molecule has 0 bridgehead atoms. The van der Waals surface area contributed by atoms with Crippen molar-refractivity contribution in [1.29, 1.82) is 0 Å². The van der Waals surface area contributed by atoms with Gasteiger partial charge in [-0.2, -0.15) is 36.5 Å². The van der Waals surface area contributed by atoms with Gasteiger partial charge in [-0.05, 0) is 43.1 Å². The number of imidazole rings is 2. The molecule has 0 radical (unpaired) electrons. The standard InChI is InChI=1S/C26H23F3N8O3S.C26H23F3N8OS.3CH4/c1-40-25-20(21(16-7-8-16)31-13-32-25)22-30-9-18-10-33-37(24(18)35-22)11-15-3-5-17(6-4-15)23-34-19(26(27,28)29)12-36(23)14-41(2,38)39;1-38-25-20(21(16-7-8-16)31-13-32-25)22-30-9-18-10-33-37(24(18)35-22)11-15-3-5-17(6-4-15)23-34-19(26(27,28)29)12-36(23)14-39-2;;;/h3-6,9-10,12-13,16H,7-8,11,14H2,1-2H3;3-6,9-10,12-13,16H,7-8,11,14H2,1-2H3;3*1H4. The van der Waals surface area contributed by atoms with Gasteiger partial charge >= 0.3 is 12.4 Å². The molecule has 83 heavy (non-hydrogen) atoms. The summed E-state index contributed by atoms with van der Waals surface area (Å²) in [6, 6.07) is 13.9. The van der Waals surface area contributed by atoms with Gasteiger partial charge in [-0.15, -0.1) is 11.8 Å². The third-order valence-electron chi connectivity index (χ3n) is 13.1. The summed E-state index contributed by atoms with van der Waals surface area (Å²) in [4.78, 5) is 43.6. The molecule has 2 aliphatic carbocycles. The molecule has 2 aromatic carbocycles.